The summed E-state index contributed by atoms with van der Waals surface area (Å²) in [5, 5.41) is 0. The standard InChI is InChI=1S/3CH6P2.2CH4.H3P/c3*1-3-2;;;/h3*3H,2H2,1H3;2*1H4;1H3/i;;;;;1T. The molecular weight excluding hydrogens is 277 g/mol. The van der Waals surface area contributed by atoms with E-state index in [1.165, 1.54) is 0 Å². The molecule has 0 radical (unpaired) electrons. The molecule has 0 aliphatic carbocycles. The Morgan fingerprint density at radius 2 is 0.833 bits per heavy atom. The van der Waals surface area contributed by atoms with Crippen molar-refractivity contribution in [3.05, 3.63) is 0 Å². The lowest BCUT2D eigenvalue weighted by Gasteiger charge is -1.51. The van der Waals surface area contributed by atoms with E-state index >= 15 is 0 Å². The van der Waals surface area contributed by atoms with Crippen LogP contribution >= 0.6 is 61.4 Å². The lowest BCUT2D eigenvalue weighted by molar-refractivity contribution is 2.50. The first-order valence-corrected chi connectivity index (χ1v) is 12.3. The van der Waals surface area contributed by atoms with E-state index < -0.39 is 0 Å². The van der Waals surface area contributed by atoms with Crippen LogP contribution in [-0.4, -0.2) is 21.3 Å². The van der Waals surface area contributed by atoms with Crippen molar-refractivity contribution in [1.82, 2.24) is 0 Å². The Bertz CT molecular complexity index is 21.6. The van der Waals surface area contributed by atoms with E-state index in [1.807, 2.05) is 0 Å². The summed E-state index contributed by atoms with van der Waals surface area (Å²) in [6, 6.07) is 0. The van der Waals surface area contributed by atoms with E-state index in [0.717, 1.165) is 24.8 Å². The predicted molar refractivity (Wildman–Crippen MR) is 96.4 cm³/mol. The molecule has 0 amide bonds. The van der Waals surface area contributed by atoms with Gasteiger partial charge in [-0.25, -0.2) is 0 Å². The molecule has 0 rings (SSSR count). The summed E-state index contributed by atoms with van der Waals surface area (Å²) in [6.45, 7) is 6.35. The highest BCUT2D eigenvalue weighted by atomic mass is 32.0. The van der Waals surface area contributed by atoms with Gasteiger partial charge in [0.25, 0.3) is 0 Å². The second-order valence-corrected chi connectivity index (χ2v) is 7.79. The van der Waals surface area contributed by atoms with Crippen molar-refractivity contribution in [3.63, 3.8) is 0 Å². The predicted octanol–water partition coefficient (Wildman–Crippen LogP) is 4.58. The smallest absolute Gasteiger partial charge is 0.0511 e. The van der Waals surface area contributed by atoms with Crippen LogP contribution in [0, 0.1) is 0 Å². The van der Waals surface area contributed by atoms with Gasteiger partial charge in [-0.15, -0.1) is 51.6 Å². The van der Waals surface area contributed by atoms with Gasteiger partial charge in [-0.3, -0.25) is 0 Å². The van der Waals surface area contributed by atoms with Gasteiger partial charge in [0.2, 0.25) is 0 Å². The molecule has 0 aromatic heterocycles. The van der Waals surface area contributed by atoms with Crippen molar-refractivity contribution in [2.45, 2.75) is 14.9 Å². The van der Waals surface area contributed by atoms with Gasteiger partial charge in [0.1, 0.15) is 0 Å². The highest BCUT2D eigenvalue weighted by molar-refractivity contribution is 8.02. The van der Waals surface area contributed by atoms with Crippen molar-refractivity contribution in [3.8, 4) is 0 Å². The molecule has 0 N–H and O–H groups in total. The first-order valence-electron chi connectivity index (χ1n) is 2.94. The zero-order valence-electron chi connectivity index (χ0n) is 7.81. The molecular formula is C5H29P7. The normalized spacial score (nSPS) is 8.08. The Hall–Kier alpha value is 3.01. The van der Waals surface area contributed by atoms with Crippen molar-refractivity contribution < 1.29 is 0 Å². The van der Waals surface area contributed by atoms with E-state index in [1.54, 1.807) is 9.84 Å². The van der Waals surface area contributed by atoms with E-state index in [9.17, 15) is 0 Å². The van der Waals surface area contributed by atoms with Gasteiger partial charge in [0.05, 0.1) is 1.28 Å². The summed E-state index contributed by atoms with van der Waals surface area (Å²) in [5.74, 6) is 0. The second kappa shape index (κ2) is 65.7. The van der Waals surface area contributed by atoms with Crippen molar-refractivity contribution in [2.75, 3.05) is 20.0 Å². The molecule has 0 bridgehead atoms. The summed E-state index contributed by atoms with van der Waals surface area (Å²) < 4.78 is 5.67. The fourth-order valence-corrected chi connectivity index (χ4v) is 0. The minimum Gasteiger partial charge on any atom is -0.153 e. The molecule has 12 heavy (non-hydrogen) atoms. The fraction of sp³-hybridized carbons (Fsp3) is 1.00. The third-order valence-electron chi connectivity index (χ3n) is 0. The van der Waals surface area contributed by atoms with E-state index in [4.69, 9.17) is 1.28 Å². The van der Waals surface area contributed by atoms with Crippen LogP contribution in [0.4, 0.5) is 0 Å². The minimum absolute atomic E-state index is 0. The van der Waals surface area contributed by atoms with Crippen molar-refractivity contribution in [2.24, 2.45) is 0 Å². The molecule has 0 aliphatic rings. The molecule has 0 heterocycles. The van der Waals surface area contributed by atoms with Crippen LogP contribution in [0.5, 0.6) is 0 Å². The quantitative estimate of drug-likeness (QED) is 0.574. The van der Waals surface area contributed by atoms with E-state index in [-0.39, 0.29) is 14.9 Å². The molecule has 0 spiro atoms. The average Bonchev–Trinajstić information content (AvgIpc) is 1.96. The minimum atomic E-state index is 0. The molecule has 7 atom stereocenters. The number of hydrogen-bond acceptors (Lipinski definition) is 0. The van der Waals surface area contributed by atoms with Gasteiger partial charge in [0, 0.05) is 0 Å². The molecule has 0 fully saturated rings. The lowest BCUT2D eigenvalue weighted by atomic mass is 12.0. The first kappa shape index (κ1) is 29.4. The van der Waals surface area contributed by atoms with Gasteiger partial charge in [-0.2, -0.15) is 9.84 Å². The summed E-state index contributed by atoms with van der Waals surface area (Å²) in [4.78, 5) is 0. The lowest BCUT2D eigenvalue weighted by Crippen LogP contribution is -0.976. The maximum absolute atomic E-state index is 5.67. The molecule has 7 heteroatoms. The Morgan fingerprint density at radius 1 is 0.833 bits per heavy atom. The third-order valence-corrected chi connectivity index (χ3v) is 0. The summed E-state index contributed by atoms with van der Waals surface area (Å²) in [7, 11) is 12.5. The molecule has 84 valence electrons. The van der Waals surface area contributed by atoms with Gasteiger partial charge in [-0.1, -0.05) is 14.9 Å². The number of hydrogen-bond donors (Lipinski definition) is 0. The van der Waals surface area contributed by atoms with Gasteiger partial charge in [0.15, 0.2) is 0 Å². The Morgan fingerprint density at radius 3 is 0.833 bits per heavy atom. The summed E-state index contributed by atoms with van der Waals surface area (Å²) in [6.07, 6.45) is 0. The first-order chi connectivity index (χ1) is 5.24. The average molecular weight is 308 g/mol. The monoisotopic (exact) mass is 308 g/mol. The highest BCUT2D eigenvalue weighted by Crippen LogP contribution is 2.11. The fourth-order valence-electron chi connectivity index (χ4n) is 0. The van der Waals surface area contributed by atoms with Gasteiger partial charge >= 0.3 is 0 Å². The maximum Gasteiger partial charge on any atom is 0.0511 e. The Labute approximate surface area is 97.7 Å². The van der Waals surface area contributed by atoms with Crippen LogP contribution in [-0.2, 0) is 0 Å². The summed E-state index contributed by atoms with van der Waals surface area (Å²) in [5.41, 5.74) is 0. The molecule has 7 unspecified atom stereocenters. The molecule has 0 aromatic rings. The van der Waals surface area contributed by atoms with Crippen LogP contribution in [0.2, 0.25) is 0 Å². The molecule has 0 nitrogen and oxygen atoms in total. The van der Waals surface area contributed by atoms with Crippen LogP contribution in [0.25, 0.3) is 0 Å². The topological polar surface area (TPSA) is 0 Å². The number of rotatable bonds is 0. The summed E-state index contributed by atoms with van der Waals surface area (Å²) >= 11 is 0. The Balaban J connectivity index is -0.0000000121. The van der Waals surface area contributed by atoms with E-state index in [0.29, 0.717) is 0 Å². The van der Waals surface area contributed by atoms with Crippen molar-refractivity contribution in [1.29, 1.82) is 1.28 Å². The van der Waals surface area contributed by atoms with Gasteiger partial charge < -0.3 is 0 Å². The molecule has 0 saturated heterocycles. The van der Waals surface area contributed by atoms with Crippen molar-refractivity contribution >= 4 is 61.4 Å². The molecule has 0 aliphatic heterocycles. The molecule has 0 saturated carbocycles. The van der Waals surface area contributed by atoms with Crippen LogP contribution in [0.1, 0.15) is 14.9 Å². The largest absolute Gasteiger partial charge is 0.153 e. The Kier molecular flexibility index (Phi) is 161. The van der Waals surface area contributed by atoms with Crippen LogP contribution in [0.15, 0.2) is 0 Å². The third kappa shape index (κ3) is 207. The SMILES string of the molecule is C.C.CPP.CPP.CPP.[3H]P. The molecule has 0 aromatic carbocycles. The zero-order valence-corrected chi connectivity index (χ0v) is 14.4. The van der Waals surface area contributed by atoms with Crippen LogP contribution < -0.4 is 0 Å². The van der Waals surface area contributed by atoms with Gasteiger partial charge in [-0.05, 0) is 20.0 Å². The maximum atomic E-state index is 5.67. The zero-order chi connectivity index (χ0) is 10.1. The van der Waals surface area contributed by atoms with Crippen LogP contribution in [0.3, 0.4) is 0 Å². The highest BCUT2D eigenvalue weighted by Gasteiger charge is 1.33. The van der Waals surface area contributed by atoms with E-state index in [2.05, 4.69) is 46.8 Å². The second-order valence-electron chi connectivity index (χ2n) is 0.866.